The normalized spacial score (nSPS) is 14.4. The standard InChI is InChI=1S/C34H43N3O4S/c1-5-31(34(39)35-29-13-9-10-14-29)36(22-21-28-11-7-6-8-12-28)33(38)24-37(32-23-26(3)15-18-27(32)4)42(40,41)30-19-16-25(2)17-20-30/h6-8,11-12,15-20,23,29,31H,5,9-10,13-14,21-22,24H2,1-4H3,(H,35,39)/t31-/m0/s1. The molecule has 0 aromatic heterocycles. The molecule has 0 heterocycles. The second kappa shape index (κ2) is 14.0. The number of rotatable bonds is 12. The molecular formula is C34H43N3O4S. The van der Waals surface area contributed by atoms with E-state index in [9.17, 15) is 18.0 Å². The SMILES string of the molecule is CC[C@@H](C(=O)NC1CCCC1)N(CCc1ccccc1)C(=O)CN(c1cc(C)ccc1C)S(=O)(=O)c1ccc(C)cc1. The first-order valence-electron chi connectivity index (χ1n) is 14.9. The van der Waals surface area contributed by atoms with Gasteiger partial charge in [-0.25, -0.2) is 8.42 Å². The monoisotopic (exact) mass is 589 g/mol. The molecule has 0 radical (unpaired) electrons. The van der Waals surface area contributed by atoms with Crippen molar-refractivity contribution < 1.29 is 18.0 Å². The number of aryl methyl sites for hydroxylation is 3. The highest BCUT2D eigenvalue weighted by molar-refractivity contribution is 7.92. The van der Waals surface area contributed by atoms with Crippen molar-refractivity contribution in [2.24, 2.45) is 0 Å². The Morgan fingerprint density at radius 3 is 2.19 bits per heavy atom. The molecule has 0 bridgehead atoms. The smallest absolute Gasteiger partial charge is 0.264 e. The summed E-state index contributed by atoms with van der Waals surface area (Å²) in [5.74, 6) is -0.582. The van der Waals surface area contributed by atoms with Crippen LogP contribution in [0.15, 0.2) is 77.7 Å². The number of carbonyl (C=O) groups excluding carboxylic acids is 2. The van der Waals surface area contributed by atoms with E-state index in [1.165, 1.54) is 4.31 Å². The van der Waals surface area contributed by atoms with Crippen LogP contribution in [0.1, 0.15) is 61.3 Å². The third-order valence-electron chi connectivity index (χ3n) is 8.09. The van der Waals surface area contributed by atoms with Crippen molar-refractivity contribution in [3.8, 4) is 0 Å². The van der Waals surface area contributed by atoms with E-state index in [1.807, 2.05) is 70.2 Å². The molecule has 1 saturated carbocycles. The van der Waals surface area contributed by atoms with E-state index in [2.05, 4.69) is 5.32 Å². The fourth-order valence-electron chi connectivity index (χ4n) is 5.60. The first kappa shape index (κ1) is 31.3. The predicted molar refractivity (Wildman–Crippen MR) is 168 cm³/mol. The highest BCUT2D eigenvalue weighted by Crippen LogP contribution is 2.29. The van der Waals surface area contributed by atoms with Gasteiger partial charge in [0.1, 0.15) is 12.6 Å². The van der Waals surface area contributed by atoms with E-state index in [0.29, 0.717) is 25.1 Å². The van der Waals surface area contributed by atoms with Gasteiger partial charge in [-0.1, -0.05) is 79.9 Å². The van der Waals surface area contributed by atoms with Gasteiger partial charge in [-0.15, -0.1) is 0 Å². The molecule has 1 N–H and O–H groups in total. The first-order valence-corrected chi connectivity index (χ1v) is 16.3. The van der Waals surface area contributed by atoms with Gasteiger partial charge in [0.2, 0.25) is 11.8 Å². The summed E-state index contributed by atoms with van der Waals surface area (Å²) >= 11 is 0. The fourth-order valence-corrected chi connectivity index (χ4v) is 7.07. The summed E-state index contributed by atoms with van der Waals surface area (Å²) in [4.78, 5) is 29.5. The molecule has 3 aromatic carbocycles. The Bertz CT molecular complexity index is 1470. The lowest BCUT2D eigenvalue weighted by Gasteiger charge is -2.34. The summed E-state index contributed by atoms with van der Waals surface area (Å²) in [6.07, 6.45) is 5.02. The maximum Gasteiger partial charge on any atom is 0.264 e. The van der Waals surface area contributed by atoms with Gasteiger partial charge in [0.25, 0.3) is 10.0 Å². The third kappa shape index (κ3) is 7.59. The van der Waals surface area contributed by atoms with Crippen molar-refractivity contribution in [2.45, 2.75) is 83.2 Å². The zero-order valence-corrected chi connectivity index (χ0v) is 26.0. The summed E-state index contributed by atoms with van der Waals surface area (Å²) in [6.45, 7) is 7.41. The number of carbonyl (C=O) groups is 2. The molecule has 0 unspecified atom stereocenters. The number of benzene rings is 3. The van der Waals surface area contributed by atoms with Crippen LogP contribution in [-0.2, 0) is 26.0 Å². The zero-order valence-electron chi connectivity index (χ0n) is 25.2. The molecule has 0 spiro atoms. The molecule has 1 aliphatic rings. The van der Waals surface area contributed by atoms with Crippen LogP contribution in [0.25, 0.3) is 0 Å². The predicted octanol–water partition coefficient (Wildman–Crippen LogP) is 5.72. The summed E-state index contributed by atoms with van der Waals surface area (Å²) in [6, 6.07) is 21.5. The fraction of sp³-hybridized carbons (Fsp3) is 0.412. The summed E-state index contributed by atoms with van der Waals surface area (Å²) in [5, 5.41) is 3.16. The molecule has 8 heteroatoms. The molecule has 0 saturated heterocycles. The molecule has 1 aliphatic carbocycles. The van der Waals surface area contributed by atoms with E-state index < -0.39 is 28.5 Å². The summed E-state index contributed by atoms with van der Waals surface area (Å²) < 4.78 is 29.5. The maximum absolute atomic E-state index is 14.3. The number of hydrogen-bond acceptors (Lipinski definition) is 4. The average Bonchev–Trinajstić information content (AvgIpc) is 3.49. The van der Waals surface area contributed by atoms with Gasteiger partial charge in [-0.05, 0) is 81.3 Å². The van der Waals surface area contributed by atoms with Gasteiger partial charge in [0.05, 0.1) is 10.6 Å². The van der Waals surface area contributed by atoms with Crippen molar-refractivity contribution in [3.05, 3.63) is 95.1 Å². The van der Waals surface area contributed by atoms with E-state index >= 15 is 0 Å². The Kier molecular flexibility index (Phi) is 10.4. The largest absolute Gasteiger partial charge is 0.352 e. The van der Waals surface area contributed by atoms with Crippen molar-refractivity contribution in [1.29, 1.82) is 0 Å². The van der Waals surface area contributed by atoms with Crippen LogP contribution in [0.5, 0.6) is 0 Å². The number of amides is 2. The molecule has 224 valence electrons. The lowest BCUT2D eigenvalue weighted by Crippen LogP contribution is -2.54. The highest BCUT2D eigenvalue weighted by atomic mass is 32.2. The zero-order chi connectivity index (χ0) is 30.3. The lowest BCUT2D eigenvalue weighted by molar-refractivity contribution is -0.139. The van der Waals surface area contributed by atoms with Crippen LogP contribution in [0.2, 0.25) is 0 Å². The second-order valence-electron chi connectivity index (χ2n) is 11.4. The minimum atomic E-state index is -4.09. The molecule has 2 amide bonds. The van der Waals surface area contributed by atoms with Gasteiger partial charge < -0.3 is 10.2 Å². The van der Waals surface area contributed by atoms with Crippen LogP contribution < -0.4 is 9.62 Å². The Labute approximate surface area is 251 Å². The first-order chi connectivity index (χ1) is 20.1. The number of nitrogens with one attached hydrogen (secondary N) is 1. The minimum Gasteiger partial charge on any atom is -0.352 e. The Hall–Kier alpha value is -3.65. The molecule has 4 rings (SSSR count). The molecule has 3 aromatic rings. The van der Waals surface area contributed by atoms with Gasteiger partial charge in [-0.2, -0.15) is 0 Å². The van der Waals surface area contributed by atoms with Crippen molar-refractivity contribution in [1.82, 2.24) is 10.2 Å². The number of hydrogen-bond donors (Lipinski definition) is 1. The second-order valence-corrected chi connectivity index (χ2v) is 13.2. The number of sulfonamides is 1. The number of nitrogens with zero attached hydrogens (tertiary/aromatic N) is 2. The molecule has 0 aliphatic heterocycles. The van der Waals surface area contributed by atoms with Crippen molar-refractivity contribution >= 4 is 27.5 Å². The van der Waals surface area contributed by atoms with Crippen LogP contribution in [0.3, 0.4) is 0 Å². The minimum absolute atomic E-state index is 0.114. The van der Waals surface area contributed by atoms with Crippen molar-refractivity contribution in [2.75, 3.05) is 17.4 Å². The quantitative estimate of drug-likeness (QED) is 0.293. The highest BCUT2D eigenvalue weighted by Gasteiger charge is 2.34. The van der Waals surface area contributed by atoms with Crippen molar-refractivity contribution in [3.63, 3.8) is 0 Å². The summed E-state index contributed by atoms with van der Waals surface area (Å²) in [7, 11) is -4.09. The molecule has 7 nitrogen and oxygen atoms in total. The van der Waals surface area contributed by atoms with Gasteiger partial charge in [0.15, 0.2) is 0 Å². The van der Waals surface area contributed by atoms with E-state index in [1.54, 1.807) is 35.2 Å². The Balaban J connectivity index is 1.70. The maximum atomic E-state index is 14.3. The van der Waals surface area contributed by atoms with E-state index in [0.717, 1.165) is 47.9 Å². The van der Waals surface area contributed by atoms with Gasteiger partial charge >= 0.3 is 0 Å². The lowest BCUT2D eigenvalue weighted by atomic mass is 10.1. The molecular weight excluding hydrogens is 546 g/mol. The third-order valence-corrected chi connectivity index (χ3v) is 9.87. The molecule has 42 heavy (non-hydrogen) atoms. The van der Waals surface area contributed by atoms with Crippen LogP contribution in [-0.4, -0.2) is 50.3 Å². The van der Waals surface area contributed by atoms with Gasteiger partial charge in [0, 0.05) is 12.6 Å². The molecule has 1 fully saturated rings. The average molecular weight is 590 g/mol. The van der Waals surface area contributed by atoms with Crippen LogP contribution in [0, 0.1) is 20.8 Å². The van der Waals surface area contributed by atoms with E-state index in [-0.39, 0.29) is 16.8 Å². The number of anilines is 1. The van der Waals surface area contributed by atoms with E-state index in [4.69, 9.17) is 0 Å². The topological polar surface area (TPSA) is 86.8 Å². The van der Waals surface area contributed by atoms with Crippen LogP contribution >= 0.6 is 0 Å². The Morgan fingerprint density at radius 1 is 0.905 bits per heavy atom. The van der Waals surface area contributed by atoms with Crippen LogP contribution in [0.4, 0.5) is 5.69 Å². The Morgan fingerprint density at radius 2 is 1.55 bits per heavy atom. The molecule has 1 atom stereocenters. The van der Waals surface area contributed by atoms with Gasteiger partial charge in [-0.3, -0.25) is 13.9 Å². The summed E-state index contributed by atoms with van der Waals surface area (Å²) in [5.41, 5.74) is 4.06.